The van der Waals surface area contributed by atoms with Crippen molar-refractivity contribution in [2.24, 2.45) is 0 Å². The van der Waals surface area contributed by atoms with Crippen LogP contribution in [0.25, 0.3) is 0 Å². The van der Waals surface area contributed by atoms with Gasteiger partial charge in [-0.1, -0.05) is 60.7 Å². The number of hydrogen-bond acceptors (Lipinski definition) is 7. The van der Waals surface area contributed by atoms with Crippen molar-refractivity contribution in [2.75, 3.05) is 27.9 Å². The van der Waals surface area contributed by atoms with Crippen LogP contribution in [-0.2, 0) is 45.8 Å². The average Bonchev–Trinajstić information content (AvgIpc) is 2.83. The number of ether oxygens (including phenoxy) is 4. The van der Waals surface area contributed by atoms with Gasteiger partial charge in [0, 0.05) is 21.3 Å². The van der Waals surface area contributed by atoms with Crippen LogP contribution in [0.4, 0.5) is 0 Å². The first-order chi connectivity index (χ1) is 15.1. The normalized spacial score (nSPS) is 24.2. The second-order valence-electron chi connectivity index (χ2n) is 7.05. The van der Waals surface area contributed by atoms with E-state index in [1.54, 1.807) is 0 Å². The lowest BCUT2D eigenvalue weighted by Gasteiger charge is -2.42. The summed E-state index contributed by atoms with van der Waals surface area (Å²) >= 11 is 0. The van der Waals surface area contributed by atoms with Crippen molar-refractivity contribution in [3.8, 4) is 0 Å². The van der Waals surface area contributed by atoms with Crippen molar-refractivity contribution in [3.05, 3.63) is 71.8 Å². The van der Waals surface area contributed by atoms with Gasteiger partial charge in [0.25, 0.3) is 0 Å². The molecule has 2 aromatic carbocycles. The van der Waals surface area contributed by atoms with Gasteiger partial charge >= 0.3 is 7.75 Å². The van der Waals surface area contributed by atoms with E-state index < -0.39 is 32.3 Å². The lowest BCUT2D eigenvalue weighted by atomic mass is 10.0. The molecule has 4 atom stereocenters. The fraction of sp³-hybridized carbons (Fsp3) is 0.455. The smallest absolute Gasteiger partial charge is 0.369 e. The van der Waals surface area contributed by atoms with Gasteiger partial charge in [-0.25, -0.2) is 9.65 Å². The van der Waals surface area contributed by atoms with E-state index in [1.807, 2.05) is 60.7 Å². The quantitative estimate of drug-likeness (QED) is 0.520. The largest absolute Gasteiger partial charge is 0.405 e. The van der Waals surface area contributed by atoms with Gasteiger partial charge in [0.05, 0.1) is 25.9 Å². The average molecular weight is 451 g/mol. The molecule has 170 valence electrons. The van der Waals surface area contributed by atoms with E-state index in [0.29, 0.717) is 13.2 Å². The van der Waals surface area contributed by atoms with Crippen molar-refractivity contribution < 1.29 is 32.6 Å². The summed E-state index contributed by atoms with van der Waals surface area (Å²) in [5.41, 5.74) is 2.03. The maximum Gasteiger partial charge on any atom is 0.405 e. The molecule has 1 heterocycles. The highest BCUT2D eigenvalue weighted by Gasteiger charge is 2.45. The van der Waals surface area contributed by atoms with Crippen LogP contribution in [0.1, 0.15) is 11.1 Å². The Kier molecular flexibility index (Phi) is 9.19. The molecule has 9 heteroatoms. The van der Waals surface area contributed by atoms with Gasteiger partial charge in [-0.05, 0) is 11.1 Å². The molecular weight excluding hydrogens is 421 g/mol. The maximum absolute atomic E-state index is 12.8. The summed E-state index contributed by atoms with van der Waals surface area (Å²) in [5, 5.41) is 2.90. The van der Waals surface area contributed by atoms with E-state index in [4.69, 9.17) is 28.0 Å². The molecule has 0 spiro atoms. The lowest BCUT2D eigenvalue weighted by molar-refractivity contribution is -0.244. The molecule has 0 aromatic heterocycles. The Morgan fingerprint density at radius 2 is 1.45 bits per heavy atom. The number of methoxy groups -OCH3 is 1. The zero-order valence-corrected chi connectivity index (χ0v) is 18.9. The Morgan fingerprint density at radius 3 is 1.97 bits per heavy atom. The van der Waals surface area contributed by atoms with E-state index in [1.165, 1.54) is 21.3 Å². The van der Waals surface area contributed by atoms with E-state index >= 15 is 0 Å². The highest BCUT2D eigenvalue weighted by Crippen LogP contribution is 2.44. The number of nitrogens with one attached hydrogen (secondary N) is 1. The second-order valence-corrected chi connectivity index (χ2v) is 9.03. The molecule has 3 rings (SSSR count). The zero-order valence-electron chi connectivity index (χ0n) is 18.0. The number of benzene rings is 2. The molecule has 0 unspecified atom stereocenters. The molecule has 0 amide bonds. The highest BCUT2D eigenvalue weighted by atomic mass is 31.2. The van der Waals surface area contributed by atoms with Crippen LogP contribution in [0, 0.1) is 0 Å². The van der Waals surface area contributed by atoms with Gasteiger partial charge in [0.2, 0.25) is 0 Å². The Morgan fingerprint density at radius 1 is 0.903 bits per heavy atom. The minimum Gasteiger partial charge on any atom is -0.369 e. The molecule has 8 nitrogen and oxygen atoms in total. The first-order valence-corrected chi connectivity index (χ1v) is 11.6. The molecule has 0 aliphatic carbocycles. The first kappa shape index (κ1) is 24.0. The van der Waals surface area contributed by atoms with Crippen molar-refractivity contribution in [1.82, 2.24) is 5.09 Å². The van der Waals surface area contributed by atoms with Crippen LogP contribution in [0.2, 0.25) is 0 Å². The predicted molar refractivity (Wildman–Crippen MR) is 115 cm³/mol. The fourth-order valence-corrected chi connectivity index (χ4v) is 4.38. The molecule has 1 fully saturated rings. The van der Waals surface area contributed by atoms with Crippen molar-refractivity contribution in [1.29, 1.82) is 0 Å². The summed E-state index contributed by atoms with van der Waals surface area (Å²) in [5.74, 6) is 0. The Bertz CT molecular complexity index is 815. The molecule has 1 saturated heterocycles. The molecular formula is C22H30NO7P. The van der Waals surface area contributed by atoms with Gasteiger partial charge in [-0.15, -0.1) is 0 Å². The fourth-order valence-electron chi connectivity index (χ4n) is 3.38. The van der Waals surface area contributed by atoms with Crippen LogP contribution in [0.3, 0.4) is 0 Å². The molecule has 31 heavy (non-hydrogen) atoms. The summed E-state index contributed by atoms with van der Waals surface area (Å²) in [6.45, 7) is 0.986. The van der Waals surface area contributed by atoms with Crippen molar-refractivity contribution >= 4 is 7.75 Å². The second kappa shape index (κ2) is 11.9. The monoisotopic (exact) mass is 451 g/mol. The van der Waals surface area contributed by atoms with Gasteiger partial charge in [-0.2, -0.15) is 0 Å². The summed E-state index contributed by atoms with van der Waals surface area (Å²) in [7, 11) is 0.558. The minimum absolute atomic E-state index is 0.257. The molecule has 1 N–H and O–H groups in total. The standard InChI is InChI=1S/C22H30NO7P/c1-25-22-20(23-31(24,26-2)27-3)21(29-15-18-12-8-5-9-13-18)19(16-30-22)28-14-17-10-6-4-7-11-17/h4-13,19-22H,14-16H2,1-3H3,(H,23,24)/t19-,20+,21+,22+/m1/s1. The third kappa shape index (κ3) is 6.68. The van der Waals surface area contributed by atoms with Crippen LogP contribution in [0.15, 0.2) is 60.7 Å². The van der Waals surface area contributed by atoms with E-state index in [2.05, 4.69) is 5.09 Å². The molecule has 2 aromatic rings. The topological polar surface area (TPSA) is 84.5 Å². The van der Waals surface area contributed by atoms with E-state index in [0.717, 1.165) is 11.1 Å². The maximum atomic E-state index is 12.8. The highest BCUT2D eigenvalue weighted by molar-refractivity contribution is 7.51. The Hall–Kier alpha value is -1.61. The third-order valence-electron chi connectivity index (χ3n) is 5.05. The number of hydrogen-bond donors (Lipinski definition) is 1. The lowest BCUT2D eigenvalue weighted by Crippen LogP contribution is -2.60. The summed E-state index contributed by atoms with van der Waals surface area (Å²) in [6.07, 6.45) is -1.70. The molecule has 1 aliphatic heterocycles. The van der Waals surface area contributed by atoms with Gasteiger partial charge in [0.1, 0.15) is 12.2 Å². The molecule has 0 bridgehead atoms. The van der Waals surface area contributed by atoms with Crippen LogP contribution < -0.4 is 5.09 Å². The van der Waals surface area contributed by atoms with Crippen LogP contribution in [-0.4, -0.2) is 52.5 Å². The Labute approximate surface area is 183 Å². The number of rotatable bonds is 11. The van der Waals surface area contributed by atoms with Crippen molar-refractivity contribution in [2.45, 2.75) is 37.8 Å². The molecule has 1 aliphatic rings. The van der Waals surface area contributed by atoms with E-state index in [9.17, 15) is 4.57 Å². The summed E-state index contributed by atoms with van der Waals surface area (Å²) in [6, 6.07) is 19.0. The predicted octanol–water partition coefficient (Wildman–Crippen LogP) is 3.52. The van der Waals surface area contributed by atoms with Crippen molar-refractivity contribution in [3.63, 3.8) is 0 Å². The molecule has 0 saturated carbocycles. The van der Waals surface area contributed by atoms with Gasteiger partial charge in [-0.3, -0.25) is 0 Å². The molecule has 0 radical (unpaired) electrons. The SMILES string of the molecule is CO[C@H]1OC[C@@H](OCc2ccccc2)[C@H](OCc2ccccc2)[C@@H]1NP(=O)(OC)OC. The first-order valence-electron chi connectivity index (χ1n) is 10.0. The zero-order chi connectivity index (χ0) is 22.1. The van der Waals surface area contributed by atoms with Gasteiger partial charge in [0.15, 0.2) is 6.29 Å². The minimum atomic E-state index is -3.58. The van der Waals surface area contributed by atoms with Crippen LogP contribution in [0.5, 0.6) is 0 Å². The summed E-state index contributed by atoms with van der Waals surface area (Å²) in [4.78, 5) is 0. The van der Waals surface area contributed by atoms with Crippen LogP contribution >= 0.6 is 7.75 Å². The van der Waals surface area contributed by atoms with E-state index in [-0.39, 0.29) is 6.61 Å². The van der Waals surface area contributed by atoms with Gasteiger partial charge < -0.3 is 28.0 Å². The Balaban J connectivity index is 1.80. The third-order valence-corrected chi connectivity index (χ3v) is 6.63. The summed E-state index contributed by atoms with van der Waals surface area (Å²) < 4.78 is 46.7.